The van der Waals surface area contributed by atoms with Gasteiger partial charge in [-0.15, -0.1) is 0 Å². The molecule has 0 radical (unpaired) electrons. The van der Waals surface area contributed by atoms with Crippen molar-refractivity contribution in [1.82, 2.24) is 10.1 Å². The van der Waals surface area contributed by atoms with Gasteiger partial charge in [0.25, 0.3) is 5.91 Å². The molecule has 1 aromatic carbocycles. The monoisotopic (exact) mass is 422 g/mol. The first-order valence-corrected chi connectivity index (χ1v) is 8.97. The summed E-state index contributed by atoms with van der Waals surface area (Å²) in [6.07, 6.45) is 3.64. The Morgan fingerprint density at radius 1 is 1.27 bits per heavy atom. The predicted molar refractivity (Wildman–Crippen MR) is 94.5 cm³/mol. The molecule has 1 fully saturated rings. The van der Waals surface area contributed by atoms with Gasteiger partial charge in [-0.2, -0.15) is 9.59 Å². The molecule has 2 aromatic rings. The summed E-state index contributed by atoms with van der Waals surface area (Å²) in [6, 6.07) is 7.27. The highest BCUT2D eigenvalue weighted by Gasteiger charge is 2.19. The minimum absolute atomic E-state index is 0.0859. The second-order valence-electron chi connectivity index (χ2n) is 5.80. The molecule has 2 heterocycles. The van der Waals surface area contributed by atoms with E-state index in [0.29, 0.717) is 23.7 Å². The molecule has 1 aliphatic rings. The minimum Gasteiger partial charge on any atom is -0.484 e. The molecule has 0 unspecified atom stereocenters. The van der Waals surface area contributed by atoms with E-state index in [0.717, 1.165) is 36.1 Å². The van der Waals surface area contributed by atoms with Gasteiger partial charge in [-0.3, -0.25) is 4.79 Å². The molecule has 1 aromatic heterocycles. The van der Waals surface area contributed by atoms with Gasteiger partial charge in [0.05, 0.1) is 10.2 Å². The number of carbonyl (C=O) groups is 1. The Kier molecular flexibility index (Phi) is 7.56. The van der Waals surface area contributed by atoms with Crippen LogP contribution in [0.3, 0.4) is 0 Å². The van der Waals surface area contributed by atoms with Crippen LogP contribution in [0.25, 0.3) is 0 Å². The highest BCUT2D eigenvalue weighted by Crippen LogP contribution is 2.28. The summed E-state index contributed by atoms with van der Waals surface area (Å²) < 4.78 is 11.6. The molecule has 1 amide bonds. The fourth-order valence-corrected chi connectivity index (χ4v) is 3.16. The summed E-state index contributed by atoms with van der Waals surface area (Å²) in [7, 11) is 0. The van der Waals surface area contributed by atoms with Crippen LogP contribution in [-0.4, -0.2) is 35.2 Å². The molecule has 1 aliphatic heterocycles. The predicted octanol–water partition coefficient (Wildman–Crippen LogP) is 3.37. The lowest BCUT2D eigenvalue weighted by molar-refractivity contribution is -0.191. The number of aromatic nitrogens is 1. The number of ether oxygens (including phenoxy) is 1. The Morgan fingerprint density at radius 2 is 1.96 bits per heavy atom. The van der Waals surface area contributed by atoms with E-state index in [1.165, 1.54) is 6.42 Å². The zero-order valence-corrected chi connectivity index (χ0v) is 16.0. The van der Waals surface area contributed by atoms with E-state index in [9.17, 15) is 4.79 Å². The topological polar surface area (TPSA) is 89.7 Å². The third-order valence-electron chi connectivity index (χ3n) is 3.87. The average Bonchev–Trinajstić information content (AvgIpc) is 3.07. The number of nitrogens with zero attached hydrogens (tertiary/aromatic N) is 2. The molecule has 0 aliphatic carbocycles. The van der Waals surface area contributed by atoms with Gasteiger partial charge >= 0.3 is 6.15 Å². The van der Waals surface area contributed by atoms with Gasteiger partial charge in [0, 0.05) is 24.7 Å². The van der Waals surface area contributed by atoms with Crippen molar-refractivity contribution < 1.29 is 23.6 Å². The number of hydrogen-bond donors (Lipinski definition) is 0. The molecule has 8 heteroatoms. The number of hydrogen-bond acceptors (Lipinski definition) is 6. The molecule has 0 saturated carbocycles. The molecule has 0 bridgehead atoms. The number of likely N-dealkylation sites (tertiary alicyclic amines) is 1. The average molecular weight is 423 g/mol. The fourth-order valence-electron chi connectivity index (χ4n) is 2.66. The number of rotatable bonds is 4. The highest BCUT2D eigenvalue weighted by atomic mass is 79.9. The third kappa shape index (κ3) is 5.54. The van der Waals surface area contributed by atoms with Crippen LogP contribution in [0.1, 0.15) is 41.1 Å². The second kappa shape index (κ2) is 9.89. The molecule has 0 atom stereocenters. The van der Waals surface area contributed by atoms with Crippen LogP contribution >= 0.6 is 15.9 Å². The van der Waals surface area contributed by atoms with E-state index < -0.39 is 0 Å². The molecular formula is C18H19BrN2O5. The van der Waals surface area contributed by atoms with E-state index in [1.54, 1.807) is 0 Å². The summed E-state index contributed by atoms with van der Waals surface area (Å²) in [5.41, 5.74) is 1.51. The van der Waals surface area contributed by atoms with E-state index in [-0.39, 0.29) is 12.1 Å². The number of carbonyl (C=O) groups excluding carboxylic acids is 3. The van der Waals surface area contributed by atoms with E-state index >= 15 is 0 Å². The van der Waals surface area contributed by atoms with Gasteiger partial charge in [-0.1, -0.05) is 5.16 Å². The quantitative estimate of drug-likeness (QED) is 0.749. The zero-order valence-electron chi connectivity index (χ0n) is 14.4. The Balaban J connectivity index is 0.000000758. The van der Waals surface area contributed by atoms with Crippen molar-refractivity contribution in [2.75, 3.05) is 13.1 Å². The fraction of sp³-hybridized carbons (Fsp3) is 0.389. The summed E-state index contributed by atoms with van der Waals surface area (Å²) in [5.74, 6) is 1.43. The smallest absolute Gasteiger partial charge is 0.373 e. The second-order valence-corrected chi connectivity index (χ2v) is 6.66. The first kappa shape index (κ1) is 19.9. The van der Waals surface area contributed by atoms with Crippen molar-refractivity contribution in [3.05, 3.63) is 45.8 Å². The first-order chi connectivity index (χ1) is 12.5. The van der Waals surface area contributed by atoms with E-state index in [4.69, 9.17) is 18.8 Å². The van der Waals surface area contributed by atoms with Gasteiger partial charge in [-0.25, -0.2) is 0 Å². The van der Waals surface area contributed by atoms with Crippen molar-refractivity contribution in [3.8, 4) is 5.75 Å². The van der Waals surface area contributed by atoms with E-state index in [2.05, 4.69) is 21.1 Å². The van der Waals surface area contributed by atoms with Gasteiger partial charge in [-0.05, 0) is 60.3 Å². The summed E-state index contributed by atoms with van der Waals surface area (Å²) >= 11 is 3.48. The Hall–Kier alpha value is -2.44. The van der Waals surface area contributed by atoms with Crippen molar-refractivity contribution in [2.45, 2.75) is 32.8 Å². The molecule has 7 nitrogen and oxygen atoms in total. The van der Waals surface area contributed by atoms with Crippen LogP contribution in [-0.2, 0) is 16.2 Å². The number of piperidine rings is 1. The van der Waals surface area contributed by atoms with Crippen molar-refractivity contribution in [2.24, 2.45) is 0 Å². The van der Waals surface area contributed by atoms with Crippen LogP contribution < -0.4 is 4.74 Å². The maximum absolute atomic E-state index is 12.5. The van der Waals surface area contributed by atoms with Crippen LogP contribution in [0.2, 0.25) is 0 Å². The number of halogens is 1. The maximum Gasteiger partial charge on any atom is 0.373 e. The van der Waals surface area contributed by atoms with Crippen LogP contribution in [0, 0.1) is 6.92 Å². The number of aryl methyl sites for hydroxylation is 1. The minimum atomic E-state index is 0.0859. The SMILES string of the molecule is Cc1cc(COc2ccc(C(=O)N3CCCCC3)cc2Br)on1.O=C=O. The molecule has 138 valence electrons. The lowest BCUT2D eigenvalue weighted by Gasteiger charge is -2.26. The van der Waals surface area contributed by atoms with Gasteiger partial charge in [0.15, 0.2) is 5.76 Å². The molecule has 1 saturated heterocycles. The highest BCUT2D eigenvalue weighted by molar-refractivity contribution is 9.10. The Morgan fingerprint density at radius 3 is 2.54 bits per heavy atom. The zero-order chi connectivity index (χ0) is 18.9. The Labute approximate surface area is 159 Å². The molecular weight excluding hydrogens is 404 g/mol. The maximum atomic E-state index is 12.5. The van der Waals surface area contributed by atoms with Crippen molar-refractivity contribution >= 4 is 28.0 Å². The summed E-state index contributed by atoms with van der Waals surface area (Å²) in [4.78, 5) is 30.7. The Bertz CT molecular complexity index is 778. The third-order valence-corrected chi connectivity index (χ3v) is 4.49. The standard InChI is InChI=1S/C17H19BrN2O3.CO2/c1-12-9-14(23-19-12)11-22-16-6-5-13(10-15(16)18)17(21)20-7-3-2-4-8-20;2-1-3/h5-6,9-10H,2-4,7-8,11H2,1H3;. The van der Waals surface area contributed by atoms with Crippen molar-refractivity contribution in [1.29, 1.82) is 0 Å². The largest absolute Gasteiger partial charge is 0.484 e. The normalized spacial score (nSPS) is 13.4. The van der Waals surface area contributed by atoms with Crippen LogP contribution in [0.4, 0.5) is 0 Å². The van der Waals surface area contributed by atoms with E-state index in [1.807, 2.05) is 36.1 Å². The number of amides is 1. The number of benzene rings is 1. The first-order valence-electron chi connectivity index (χ1n) is 8.18. The van der Waals surface area contributed by atoms with Crippen LogP contribution in [0.5, 0.6) is 5.75 Å². The van der Waals surface area contributed by atoms with Gasteiger partial charge in [0.2, 0.25) is 0 Å². The van der Waals surface area contributed by atoms with Gasteiger partial charge in [0.1, 0.15) is 12.4 Å². The van der Waals surface area contributed by atoms with Crippen molar-refractivity contribution in [3.63, 3.8) is 0 Å². The summed E-state index contributed by atoms with van der Waals surface area (Å²) in [5, 5.41) is 3.82. The lowest BCUT2D eigenvalue weighted by atomic mass is 10.1. The molecule has 0 N–H and O–H groups in total. The van der Waals surface area contributed by atoms with Gasteiger partial charge < -0.3 is 14.2 Å². The summed E-state index contributed by atoms with van der Waals surface area (Å²) in [6.45, 7) is 3.86. The molecule has 0 spiro atoms. The lowest BCUT2D eigenvalue weighted by Crippen LogP contribution is -2.35. The molecule has 26 heavy (non-hydrogen) atoms. The molecule has 3 rings (SSSR count). The van der Waals surface area contributed by atoms with Crippen LogP contribution in [0.15, 0.2) is 33.3 Å².